The average molecular weight is 700 g/mol. The number of aliphatic hydroxyl groups excluding tert-OH is 2. The van der Waals surface area contributed by atoms with E-state index < -0.39 is 30.1 Å². The Bertz CT molecular complexity index is 2210. The third-order valence-electron chi connectivity index (χ3n) is 9.49. The summed E-state index contributed by atoms with van der Waals surface area (Å²) < 4.78 is 34.0. The smallest absolute Gasteiger partial charge is 0.247 e. The predicted molar refractivity (Wildman–Crippen MR) is 191 cm³/mol. The minimum Gasteiger partial charge on any atom is -0.497 e. The number of hydrogen-bond acceptors (Lipinski definition) is 10. The molecule has 4 heterocycles. The van der Waals surface area contributed by atoms with E-state index in [4.69, 9.17) is 23.7 Å². The van der Waals surface area contributed by atoms with Crippen LogP contribution in [0.5, 0.6) is 17.4 Å². The van der Waals surface area contributed by atoms with Crippen LogP contribution in [0.2, 0.25) is 0 Å². The predicted octanol–water partition coefficient (Wildman–Crippen LogP) is 5.30. The van der Waals surface area contributed by atoms with Crippen LogP contribution >= 0.6 is 0 Å². The Balaban J connectivity index is 1.14. The Labute approximate surface area is 299 Å². The number of aliphatic hydroxyl groups is 2. The van der Waals surface area contributed by atoms with Crippen molar-refractivity contribution in [3.8, 4) is 17.4 Å². The number of imidazole rings is 2. The van der Waals surface area contributed by atoms with Crippen molar-refractivity contribution in [2.45, 2.75) is 36.7 Å². The molecule has 52 heavy (non-hydrogen) atoms. The van der Waals surface area contributed by atoms with E-state index in [1.807, 2.05) is 109 Å². The molecular formula is C40H37N5O7. The van der Waals surface area contributed by atoms with Gasteiger partial charge < -0.3 is 33.9 Å². The van der Waals surface area contributed by atoms with E-state index in [0.29, 0.717) is 28.4 Å². The second-order valence-corrected chi connectivity index (χ2v) is 12.5. The van der Waals surface area contributed by atoms with Gasteiger partial charge in [-0.15, -0.1) is 0 Å². The molecule has 2 N–H and O–H groups in total. The van der Waals surface area contributed by atoms with Crippen molar-refractivity contribution >= 4 is 16.9 Å². The van der Waals surface area contributed by atoms with Gasteiger partial charge in [-0.3, -0.25) is 8.97 Å². The first-order chi connectivity index (χ1) is 25.5. The topological polar surface area (TPSA) is 135 Å². The van der Waals surface area contributed by atoms with E-state index >= 15 is 0 Å². The van der Waals surface area contributed by atoms with Crippen LogP contribution in [0.1, 0.15) is 28.5 Å². The second-order valence-electron chi connectivity index (χ2n) is 12.5. The number of fused-ring (bicyclic) bond motifs is 3. The van der Waals surface area contributed by atoms with Gasteiger partial charge in [0.1, 0.15) is 42.0 Å². The molecule has 4 aromatic carbocycles. The number of aromatic nitrogens is 5. The van der Waals surface area contributed by atoms with Crippen LogP contribution in [-0.4, -0.2) is 73.3 Å². The van der Waals surface area contributed by atoms with Crippen LogP contribution in [-0.2, 0) is 21.7 Å². The summed E-state index contributed by atoms with van der Waals surface area (Å²) in [5.41, 5.74) is 3.32. The van der Waals surface area contributed by atoms with Gasteiger partial charge in [0.05, 0.1) is 27.2 Å². The molecule has 12 nitrogen and oxygen atoms in total. The zero-order chi connectivity index (χ0) is 35.7. The maximum absolute atomic E-state index is 11.5. The molecule has 1 fully saturated rings. The Morgan fingerprint density at radius 3 is 2.00 bits per heavy atom. The van der Waals surface area contributed by atoms with Crippen LogP contribution in [0.4, 0.5) is 0 Å². The van der Waals surface area contributed by atoms with Gasteiger partial charge in [-0.25, -0.2) is 9.97 Å². The highest BCUT2D eigenvalue weighted by Gasteiger charge is 2.47. The monoisotopic (exact) mass is 699 g/mol. The van der Waals surface area contributed by atoms with Crippen LogP contribution in [0, 0.1) is 0 Å². The highest BCUT2D eigenvalue weighted by atomic mass is 16.6. The Kier molecular flexibility index (Phi) is 9.04. The number of hydrogen-bond donors (Lipinski definition) is 2. The molecule has 8 rings (SSSR count). The first-order valence-corrected chi connectivity index (χ1v) is 16.9. The summed E-state index contributed by atoms with van der Waals surface area (Å²) in [5.74, 6) is 2.07. The fourth-order valence-corrected chi connectivity index (χ4v) is 6.82. The van der Waals surface area contributed by atoms with E-state index in [1.165, 1.54) is 0 Å². The molecule has 0 aliphatic carbocycles. The molecule has 264 valence electrons. The maximum Gasteiger partial charge on any atom is 0.247 e. The Morgan fingerprint density at radius 2 is 1.37 bits per heavy atom. The van der Waals surface area contributed by atoms with Crippen molar-refractivity contribution < 1.29 is 33.9 Å². The third-order valence-corrected chi connectivity index (χ3v) is 9.49. The van der Waals surface area contributed by atoms with Crippen molar-refractivity contribution in [2.75, 3.05) is 20.8 Å². The molecule has 1 aliphatic heterocycles. The quantitative estimate of drug-likeness (QED) is 0.162. The first-order valence-electron chi connectivity index (χ1n) is 16.9. The Hall–Kier alpha value is -5.79. The van der Waals surface area contributed by atoms with Crippen molar-refractivity contribution in [3.05, 3.63) is 150 Å². The van der Waals surface area contributed by atoms with Gasteiger partial charge in [-0.1, -0.05) is 84.9 Å². The molecule has 0 bridgehead atoms. The zero-order valence-corrected chi connectivity index (χ0v) is 28.5. The van der Waals surface area contributed by atoms with Gasteiger partial charge in [0.25, 0.3) is 0 Å². The van der Waals surface area contributed by atoms with Crippen LogP contribution in [0.3, 0.4) is 0 Å². The molecular weight excluding hydrogens is 662 g/mol. The third kappa shape index (κ3) is 5.91. The number of ether oxygens (including phenoxy) is 5. The normalized spacial score (nSPS) is 18.9. The lowest BCUT2D eigenvalue weighted by molar-refractivity contribution is -0.0942. The second kappa shape index (κ2) is 14.1. The number of methoxy groups -OCH3 is 2. The lowest BCUT2D eigenvalue weighted by atomic mass is 9.80. The summed E-state index contributed by atoms with van der Waals surface area (Å²) in [6.07, 6.45) is 0.367. The average Bonchev–Trinajstić information content (AvgIpc) is 3.93. The zero-order valence-electron chi connectivity index (χ0n) is 28.5. The largest absolute Gasteiger partial charge is 0.497 e. The number of rotatable bonds is 12. The molecule has 3 aromatic heterocycles. The van der Waals surface area contributed by atoms with Gasteiger partial charge in [0, 0.05) is 12.4 Å². The summed E-state index contributed by atoms with van der Waals surface area (Å²) in [6.45, 7) is 0.195. The lowest BCUT2D eigenvalue weighted by Gasteiger charge is -2.37. The number of nitrogens with zero attached hydrogens (tertiary/aromatic N) is 5. The van der Waals surface area contributed by atoms with Gasteiger partial charge in [-0.2, -0.15) is 4.98 Å². The molecule has 0 saturated carbocycles. The molecule has 12 heteroatoms. The molecule has 7 aromatic rings. The molecule has 0 spiro atoms. The number of benzene rings is 4. The summed E-state index contributed by atoms with van der Waals surface area (Å²) in [6, 6.07) is 35.0. The SMILES string of the molecule is COc1ccc(C(OC[C@H]2O[C@@H](n3cnc4c(OCc5ccccc5)nc5nccn5c43)[C@H](O)[C@@H]2O)(c2ccccc2)c2ccc(OC)cc2)cc1. The van der Waals surface area contributed by atoms with Gasteiger partial charge >= 0.3 is 0 Å². The summed E-state index contributed by atoms with van der Waals surface area (Å²) in [5, 5.41) is 23.0. The van der Waals surface area contributed by atoms with Crippen LogP contribution in [0.15, 0.2) is 128 Å². The molecule has 4 atom stereocenters. The van der Waals surface area contributed by atoms with Gasteiger partial charge in [0.15, 0.2) is 17.4 Å². The summed E-state index contributed by atoms with van der Waals surface area (Å²) in [7, 11) is 3.24. The van der Waals surface area contributed by atoms with E-state index in [0.717, 1.165) is 22.3 Å². The summed E-state index contributed by atoms with van der Waals surface area (Å²) >= 11 is 0. The van der Waals surface area contributed by atoms with Crippen molar-refractivity contribution in [1.29, 1.82) is 0 Å². The molecule has 0 radical (unpaired) electrons. The van der Waals surface area contributed by atoms with Crippen LogP contribution in [0.25, 0.3) is 16.9 Å². The lowest BCUT2D eigenvalue weighted by Crippen LogP contribution is -2.39. The van der Waals surface area contributed by atoms with E-state index in [-0.39, 0.29) is 19.1 Å². The van der Waals surface area contributed by atoms with Crippen molar-refractivity contribution in [2.24, 2.45) is 0 Å². The highest BCUT2D eigenvalue weighted by molar-refractivity contribution is 5.79. The van der Waals surface area contributed by atoms with Crippen molar-refractivity contribution in [3.63, 3.8) is 0 Å². The molecule has 0 amide bonds. The summed E-state index contributed by atoms with van der Waals surface area (Å²) in [4.78, 5) is 13.6. The fraction of sp³-hybridized carbons (Fsp3) is 0.225. The Morgan fingerprint density at radius 1 is 0.750 bits per heavy atom. The minimum absolute atomic E-state index is 0.0816. The van der Waals surface area contributed by atoms with Gasteiger partial charge in [0.2, 0.25) is 11.7 Å². The highest BCUT2D eigenvalue weighted by Crippen LogP contribution is 2.43. The van der Waals surface area contributed by atoms with E-state index in [9.17, 15) is 10.2 Å². The van der Waals surface area contributed by atoms with E-state index in [2.05, 4.69) is 15.0 Å². The first kappa shape index (κ1) is 33.4. The fourth-order valence-electron chi connectivity index (χ4n) is 6.82. The van der Waals surface area contributed by atoms with Crippen molar-refractivity contribution in [1.82, 2.24) is 23.9 Å². The maximum atomic E-state index is 11.5. The minimum atomic E-state index is -1.32. The standard InChI is InChI=1S/C40H37N5O7/c1-48-30-17-13-28(14-18-30)40(27-11-7-4-8-12-27,29-15-19-31(49-2)20-16-29)51-24-32-34(46)35(47)38(52-32)45-25-42-33-36(50-23-26-9-5-3-6-10-26)43-39-41-21-22-44(39)37(33)45/h3-22,25,32,34-35,38,46-47H,23-24H2,1-2H3/t32-,34-,35-,38-/m1/s1. The molecule has 0 unspecified atom stereocenters. The van der Waals surface area contributed by atoms with Gasteiger partial charge in [-0.05, 0) is 46.5 Å². The molecule has 1 saturated heterocycles. The van der Waals surface area contributed by atoms with E-state index in [1.54, 1.807) is 41.9 Å². The van der Waals surface area contributed by atoms with Crippen LogP contribution < -0.4 is 14.2 Å². The molecule has 1 aliphatic rings.